The number of hydrogen-bond acceptors (Lipinski definition) is 2. The third kappa shape index (κ3) is 5.79. The molecule has 167 valence electrons. The molecule has 4 aromatic rings. The van der Waals surface area contributed by atoms with Gasteiger partial charge in [-0.1, -0.05) is 67.4 Å². The first-order valence-corrected chi connectivity index (χ1v) is 12.7. The average molecular weight is 615 g/mol. The number of carbonyl (C=O) groups excluding carboxylic acids is 1. The van der Waals surface area contributed by atoms with Gasteiger partial charge in [-0.2, -0.15) is 0 Å². The first-order valence-electron chi connectivity index (χ1n) is 10.7. The van der Waals surface area contributed by atoms with Crippen molar-refractivity contribution in [1.82, 2.24) is 0 Å². The smallest absolute Gasteiger partial charge is 0.0796 e. The van der Waals surface area contributed by atoms with Gasteiger partial charge >= 0.3 is 0 Å². The molecule has 6 heteroatoms. The summed E-state index contributed by atoms with van der Waals surface area (Å²) in [6.07, 6.45) is 2.05. The van der Waals surface area contributed by atoms with Gasteiger partial charge in [-0.05, 0) is 92.0 Å². The molecule has 1 amide bonds. The van der Waals surface area contributed by atoms with Crippen LogP contribution in [-0.4, -0.2) is 5.91 Å². The maximum atomic E-state index is 11.5. The Morgan fingerprint density at radius 2 is 1.70 bits per heavy atom. The quantitative estimate of drug-likeness (QED) is 0.204. The van der Waals surface area contributed by atoms with Crippen molar-refractivity contribution < 1.29 is 37.5 Å². The van der Waals surface area contributed by atoms with E-state index in [1.54, 1.807) is 23.5 Å². The molecule has 1 radical (unpaired) electrons. The molecule has 0 fully saturated rings. The molecule has 33 heavy (non-hydrogen) atoms. The number of carbonyl (C=O) groups is 1. The second kappa shape index (κ2) is 11.6. The van der Waals surface area contributed by atoms with Crippen molar-refractivity contribution in [1.29, 1.82) is 0 Å². The van der Waals surface area contributed by atoms with E-state index in [0.717, 1.165) is 22.3 Å². The number of thiophene rings is 1. The van der Waals surface area contributed by atoms with E-state index in [1.165, 1.54) is 32.3 Å². The monoisotopic (exact) mass is 613 g/mol. The summed E-state index contributed by atoms with van der Waals surface area (Å²) in [5, 5.41) is 4.30. The van der Waals surface area contributed by atoms with Crippen LogP contribution in [0.15, 0.2) is 70.5 Å². The molecule has 0 spiro atoms. The minimum atomic E-state index is -0.651. The summed E-state index contributed by atoms with van der Waals surface area (Å²) in [6.45, 7) is 4.34. The predicted octanol–water partition coefficient (Wildman–Crippen LogP) is 9.53. The van der Waals surface area contributed by atoms with E-state index in [9.17, 15) is 4.79 Å². The third-order valence-corrected chi connectivity index (χ3v) is 8.16. The van der Waals surface area contributed by atoms with Crippen molar-refractivity contribution in [3.8, 4) is 0 Å². The average Bonchev–Trinajstić information content (AvgIpc) is 3.18. The molecule has 3 aromatic carbocycles. The summed E-state index contributed by atoms with van der Waals surface area (Å²) in [6, 6.07) is 20.2. The Bertz CT molecular complexity index is 1250. The maximum absolute atomic E-state index is 11.5. The Morgan fingerprint density at radius 1 is 1.06 bits per heavy atom. The summed E-state index contributed by atoms with van der Waals surface area (Å²) in [4.78, 5) is 11.5. The van der Waals surface area contributed by atoms with Gasteiger partial charge in [-0.3, -0.25) is 0 Å². The number of fused-ring (bicyclic) bond motifs is 1. The van der Waals surface area contributed by atoms with Crippen LogP contribution < -0.4 is 0 Å². The van der Waals surface area contributed by atoms with Gasteiger partial charge in [0.2, 0.25) is 0 Å². The van der Waals surface area contributed by atoms with E-state index in [0.29, 0.717) is 5.56 Å². The molecule has 2 nitrogen and oxygen atoms in total. The van der Waals surface area contributed by atoms with Gasteiger partial charge < -0.3 is 10.5 Å². The molecule has 0 bridgehead atoms. The Kier molecular flexibility index (Phi) is 9.34. The van der Waals surface area contributed by atoms with Crippen LogP contribution in [0.3, 0.4) is 0 Å². The van der Waals surface area contributed by atoms with E-state index in [-0.39, 0.29) is 44.5 Å². The molecule has 0 aliphatic carbocycles. The molecule has 2 unspecified atom stereocenters. The Labute approximate surface area is 237 Å². The summed E-state index contributed by atoms with van der Waals surface area (Å²) >= 11 is 11.8. The summed E-state index contributed by atoms with van der Waals surface area (Å²) in [5.74, 6) is -0.276. The second-order valence-corrected chi connectivity index (χ2v) is 10.4. The number of hydrogen-bond donors (Lipinski definition) is 0. The maximum Gasteiger partial charge on any atom is 0.0796 e. The molecule has 1 heterocycles. The van der Waals surface area contributed by atoms with E-state index in [4.69, 9.17) is 17.3 Å². The molecular formula is C27H24BrClNOSY-. The van der Waals surface area contributed by atoms with Crippen LogP contribution in [0.25, 0.3) is 15.8 Å². The third-order valence-electron chi connectivity index (χ3n) is 5.97. The van der Waals surface area contributed by atoms with Gasteiger partial charge in [0.25, 0.3) is 0 Å². The molecular weight excluding hydrogens is 591 g/mol. The predicted molar refractivity (Wildman–Crippen MR) is 140 cm³/mol. The Hall–Kier alpha value is -1.04. The van der Waals surface area contributed by atoms with Crippen molar-refractivity contribution >= 4 is 54.9 Å². The van der Waals surface area contributed by atoms with E-state index in [1.807, 2.05) is 24.3 Å². The first-order chi connectivity index (χ1) is 15.4. The van der Waals surface area contributed by atoms with Crippen LogP contribution in [0, 0.1) is 6.92 Å². The SMILES string of the molecule is CCCC(c1ccc(C([NH-])=O)cc1)C(c1ccc(Cl)cc1)c1csc2c(Br)cc(C)cc12.[Y]. The fourth-order valence-corrected chi connectivity index (χ4v) is 6.48. The minimum absolute atomic E-state index is 0. The molecule has 1 N–H and O–H groups in total. The zero-order valence-corrected chi connectivity index (χ0v) is 24.6. The van der Waals surface area contributed by atoms with E-state index in [2.05, 4.69) is 59.4 Å². The zero-order valence-electron chi connectivity index (χ0n) is 18.6. The standard InChI is InChI=1S/C27H25BrClNOS.Y/c1-3-4-21(17-5-7-19(8-6-17)27(30)31)25(18-9-11-20(29)12-10-18)23-15-32-26-22(23)13-16(2)14-24(26)28;/h5-15,21,25H,3-4H2,1-2H3,(H2,30,31);/p-1. The van der Waals surface area contributed by atoms with Crippen molar-refractivity contribution in [2.45, 2.75) is 38.5 Å². The summed E-state index contributed by atoms with van der Waals surface area (Å²) < 4.78 is 2.39. The molecule has 0 aliphatic rings. The normalized spacial score (nSPS) is 12.8. The second-order valence-electron chi connectivity index (χ2n) is 8.19. The molecule has 2 atom stereocenters. The number of nitrogens with one attached hydrogen (secondary N) is 1. The van der Waals surface area contributed by atoms with Crippen LogP contribution in [-0.2, 0) is 32.7 Å². The minimum Gasteiger partial charge on any atom is -0.664 e. The van der Waals surface area contributed by atoms with Gasteiger partial charge in [0, 0.05) is 52.8 Å². The van der Waals surface area contributed by atoms with Crippen LogP contribution in [0.5, 0.6) is 0 Å². The number of halogens is 2. The van der Waals surface area contributed by atoms with Crippen molar-refractivity contribution in [2.24, 2.45) is 0 Å². The van der Waals surface area contributed by atoms with Crippen molar-refractivity contribution in [3.63, 3.8) is 0 Å². The van der Waals surface area contributed by atoms with Gasteiger partial charge in [0.15, 0.2) is 0 Å². The number of amides is 1. The van der Waals surface area contributed by atoms with Crippen LogP contribution >= 0.6 is 38.9 Å². The molecule has 0 saturated heterocycles. The number of benzene rings is 3. The number of aryl methyl sites for hydroxylation is 1. The number of rotatable bonds is 7. The Balaban J connectivity index is 0.00000306. The van der Waals surface area contributed by atoms with Crippen LogP contribution in [0.1, 0.15) is 64.2 Å². The molecule has 0 aliphatic heterocycles. The van der Waals surface area contributed by atoms with Gasteiger partial charge in [-0.25, -0.2) is 0 Å². The van der Waals surface area contributed by atoms with Crippen LogP contribution in [0.2, 0.25) is 5.02 Å². The molecule has 4 rings (SSSR count). The first kappa shape index (κ1) is 26.6. The van der Waals surface area contributed by atoms with Crippen molar-refractivity contribution in [2.75, 3.05) is 0 Å². The van der Waals surface area contributed by atoms with E-state index < -0.39 is 5.91 Å². The van der Waals surface area contributed by atoms with Gasteiger partial charge in [0.1, 0.15) is 0 Å². The Morgan fingerprint density at radius 3 is 2.30 bits per heavy atom. The zero-order chi connectivity index (χ0) is 22.8. The van der Waals surface area contributed by atoms with Crippen molar-refractivity contribution in [3.05, 3.63) is 109 Å². The topological polar surface area (TPSA) is 40.9 Å². The van der Waals surface area contributed by atoms with Gasteiger partial charge in [0.05, 0.1) is 5.91 Å². The molecule has 1 aromatic heterocycles. The fraction of sp³-hybridized carbons (Fsp3) is 0.222. The largest absolute Gasteiger partial charge is 0.664 e. The summed E-state index contributed by atoms with van der Waals surface area (Å²) in [7, 11) is 0. The van der Waals surface area contributed by atoms with E-state index >= 15 is 0 Å². The van der Waals surface area contributed by atoms with Gasteiger partial charge in [-0.15, -0.1) is 11.3 Å². The summed E-state index contributed by atoms with van der Waals surface area (Å²) in [5.41, 5.74) is 12.8. The molecule has 0 saturated carbocycles. The fourth-order valence-electron chi connectivity index (χ4n) is 4.51. The van der Waals surface area contributed by atoms with Crippen LogP contribution in [0.4, 0.5) is 0 Å².